The maximum Gasteiger partial charge on any atom is 0.133 e. The molecule has 0 atom stereocenters. The molecular formula is C46H78BN6O11. The van der Waals surface area contributed by atoms with Crippen LogP contribution in [0.15, 0.2) is 48.5 Å². The minimum Gasteiger partial charge on any atom is -0.381 e. The van der Waals surface area contributed by atoms with Crippen LogP contribution in [-0.2, 0) is 52.1 Å². The molecule has 4 N–H and O–H groups in total. The Morgan fingerprint density at radius 1 is 0.469 bits per heavy atom. The Morgan fingerprint density at radius 3 is 1.03 bits per heavy atom. The van der Waals surface area contributed by atoms with Crippen molar-refractivity contribution >= 4 is 19.8 Å². The van der Waals surface area contributed by atoms with E-state index in [0.29, 0.717) is 132 Å². The van der Waals surface area contributed by atoms with E-state index < -0.39 is 0 Å². The summed E-state index contributed by atoms with van der Waals surface area (Å²) in [6.45, 7) is 20.1. The van der Waals surface area contributed by atoms with Crippen molar-refractivity contribution in [2.45, 2.75) is 26.7 Å². The number of ether oxygens (including phenoxy) is 11. The van der Waals surface area contributed by atoms with Gasteiger partial charge in [-0.1, -0.05) is 24.3 Å². The highest BCUT2D eigenvalue weighted by molar-refractivity contribution is 5.75. The van der Waals surface area contributed by atoms with Gasteiger partial charge in [-0.05, 0) is 62.1 Å². The molecule has 3 rings (SSSR count). The molecule has 17 nitrogen and oxygen atoms in total. The molecule has 1 aliphatic rings. The minimum absolute atomic E-state index is 0. The van der Waals surface area contributed by atoms with Crippen LogP contribution in [0.4, 0.5) is 11.4 Å². The number of nitrogens with two attached hydrogens (primary N) is 2. The normalized spacial score (nSPS) is 11.7. The fraction of sp³-hybridized carbons (Fsp3) is 0.696. The van der Waals surface area contributed by atoms with Crippen LogP contribution in [-0.4, -0.2) is 193 Å². The van der Waals surface area contributed by atoms with E-state index in [9.17, 15) is 0 Å². The minimum atomic E-state index is 0. The van der Waals surface area contributed by atoms with Crippen LogP contribution in [0.5, 0.6) is 0 Å². The highest BCUT2D eigenvalue weighted by Gasteiger charge is 2.09. The summed E-state index contributed by atoms with van der Waals surface area (Å²) in [5.41, 5.74) is 15.5. The molecule has 0 amide bonds. The average molecular weight is 902 g/mol. The van der Waals surface area contributed by atoms with E-state index in [1.807, 2.05) is 18.2 Å². The van der Waals surface area contributed by atoms with Crippen LogP contribution < -0.4 is 21.3 Å². The molecule has 361 valence electrons. The molecule has 0 spiro atoms. The van der Waals surface area contributed by atoms with Gasteiger partial charge in [-0.15, -0.1) is 0 Å². The average Bonchev–Trinajstić information content (AvgIpc) is 3.89. The Kier molecular flexibility index (Phi) is 45.0. The van der Waals surface area contributed by atoms with Crippen LogP contribution >= 0.6 is 0 Å². The highest BCUT2D eigenvalue weighted by Crippen LogP contribution is 2.16. The second-order valence-corrected chi connectivity index (χ2v) is 13.9. The van der Waals surface area contributed by atoms with Crippen molar-refractivity contribution in [2.75, 3.05) is 194 Å². The van der Waals surface area contributed by atoms with Gasteiger partial charge < -0.3 is 73.4 Å². The maximum atomic E-state index is 8.43. The molecule has 18 heteroatoms. The zero-order valence-corrected chi connectivity index (χ0v) is 38.8. The zero-order valence-electron chi connectivity index (χ0n) is 38.8. The highest BCUT2D eigenvalue weighted by atomic mass is 16.6. The zero-order chi connectivity index (χ0) is 45.5. The lowest BCUT2D eigenvalue weighted by molar-refractivity contribution is 0.0170. The van der Waals surface area contributed by atoms with Gasteiger partial charge in [-0.2, -0.15) is 10.5 Å². The van der Waals surface area contributed by atoms with Crippen LogP contribution in [0.3, 0.4) is 0 Å². The number of hydrogen-bond donors (Lipinski definition) is 2. The summed E-state index contributed by atoms with van der Waals surface area (Å²) >= 11 is 0. The van der Waals surface area contributed by atoms with Crippen molar-refractivity contribution in [3.8, 4) is 12.1 Å². The molecule has 1 saturated heterocycles. The van der Waals surface area contributed by atoms with E-state index in [1.54, 1.807) is 0 Å². The van der Waals surface area contributed by atoms with Gasteiger partial charge >= 0.3 is 0 Å². The largest absolute Gasteiger partial charge is 0.381 e. The molecule has 1 aliphatic heterocycles. The summed E-state index contributed by atoms with van der Waals surface area (Å²) in [6.07, 6.45) is 2.56. The first-order chi connectivity index (χ1) is 31.0. The first kappa shape index (κ1) is 60.6. The summed E-state index contributed by atoms with van der Waals surface area (Å²) in [5.74, 6) is 0. The number of nitriles is 2. The molecule has 2 aromatic carbocycles. The van der Waals surface area contributed by atoms with Gasteiger partial charge in [0.1, 0.15) is 13.2 Å². The molecule has 64 heavy (non-hydrogen) atoms. The summed E-state index contributed by atoms with van der Waals surface area (Å²) in [4.78, 5) is 4.50. The van der Waals surface area contributed by atoms with E-state index in [-0.39, 0.29) is 21.6 Å². The molecule has 0 saturated carbocycles. The summed E-state index contributed by atoms with van der Waals surface area (Å²) in [6, 6.07) is 20.6. The maximum absolute atomic E-state index is 8.43. The van der Waals surface area contributed by atoms with Gasteiger partial charge in [0.15, 0.2) is 0 Å². The van der Waals surface area contributed by atoms with E-state index in [1.165, 1.54) is 29.7 Å². The summed E-state index contributed by atoms with van der Waals surface area (Å²) < 4.78 is 59.1. The van der Waals surface area contributed by atoms with Crippen molar-refractivity contribution in [1.29, 1.82) is 10.5 Å². The number of nitrogens with zero attached hydrogens (tertiary/aromatic N) is 4. The van der Waals surface area contributed by atoms with Crippen molar-refractivity contribution in [1.82, 2.24) is 0 Å². The molecule has 2 aromatic rings. The van der Waals surface area contributed by atoms with Gasteiger partial charge in [0, 0.05) is 72.3 Å². The standard InChI is InChI=1S/C21H39N3O5.C21H31N3O5.C4H8O.B/c2*1-20-3-2-4-21(19-20)24(7-11-27-15-13-25-9-5-22)8-12-28-16-18-29-17-14-26-10-6-23;1-2-4-5-3-1;/h2-4,19H,5-18,22-23H2,1H3;2-4,19H,7-18H2,1H3;1-4H2;. The third-order valence-electron chi connectivity index (χ3n) is 8.67. The van der Waals surface area contributed by atoms with E-state index in [2.05, 4.69) is 66.1 Å². The van der Waals surface area contributed by atoms with Gasteiger partial charge in [0.25, 0.3) is 0 Å². The second kappa shape index (κ2) is 47.5. The fourth-order valence-corrected chi connectivity index (χ4v) is 5.52. The topological polar surface area (TPSA) is 208 Å². The monoisotopic (exact) mass is 902 g/mol. The third kappa shape index (κ3) is 37.9. The molecule has 1 fully saturated rings. The molecule has 0 aliphatic carbocycles. The van der Waals surface area contributed by atoms with Crippen molar-refractivity contribution in [3.63, 3.8) is 0 Å². The number of anilines is 2. The smallest absolute Gasteiger partial charge is 0.133 e. The quantitative estimate of drug-likeness (QED) is 0.0733. The van der Waals surface area contributed by atoms with E-state index in [0.717, 1.165) is 45.1 Å². The predicted molar refractivity (Wildman–Crippen MR) is 250 cm³/mol. The van der Waals surface area contributed by atoms with Gasteiger partial charge in [0.2, 0.25) is 0 Å². The first-order valence-corrected chi connectivity index (χ1v) is 22.2. The molecule has 1 heterocycles. The Labute approximate surface area is 385 Å². The third-order valence-corrected chi connectivity index (χ3v) is 8.67. The Bertz CT molecular complexity index is 1380. The molecular weight excluding hydrogens is 823 g/mol. The second-order valence-electron chi connectivity index (χ2n) is 13.9. The van der Waals surface area contributed by atoms with Crippen LogP contribution in [0.25, 0.3) is 0 Å². The number of benzene rings is 2. The van der Waals surface area contributed by atoms with Crippen LogP contribution in [0.1, 0.15) is 24.0 Å². The number of hydrogen-bond acceptors (Lipinski definition) is 17. The van der Waals surface area contributed by atoms with E-state index >= 15 is 0 Å². The lowest BCUT2D eigenvalue weighted by atomic mass is 10.2. The van der Waals surface area contributed by atoms with Crippen molar-refractivity contribution in [3.05, 3.63) is 59.7 Å². The Morgan fingerprint density at radius 2 is 0.766 bits per heavy atom. The molecule has 3 radical (unpaired) electrons. The lowest BCUT2D eigenvalue weighted by Crippen LogP contribution is -2.31. The van der Waals surface area contributed by atoms with Gasteiger partial charge in [-0.25, -0.2) is 0 Å². The van der Waals surface area contributed by atoms with Crippen molar-refractivity contribution < 1.29 is 52.1 Å². The lowest BCUT2D eigenvalue weighted by Gasteiger charge is -2.25. The van der Waals surface area contributed by atoms with Crippen LogP contribution in [0.2, 0.25) is 0 Å². The van der Waals surface area contributed by atoms with Gasteiger partial charge in [-0.3, -0.25) is 0 Å². The summed E-state index contributed by atoms with van der Waals surface area (Å²) in [5, 5.41) is 16.8. The summed E-state index contributed by atoms with van der Waals surface area (Å²) in [7, 11) is 0. The van der Waals surface area contributed by atoms with Crippen LogP contribution in [0, 0.1) is 36.5 Å². The molecule has 0 aromatic heterocycles. The Balaban J connectivity index is 0.00000110. The fourth-order valence-electron chi connectivity index (χ4n) is 5.52. The van der Waals surface area contributed by atoms with Crippen molar-refractivity contribution in [2.24, 2.45) is 11.5 Å². The molecule has 0 bridgehead atoms. The SMILES string of the molecule is C1CCOC1.Cc1cccc(N(CCOCCOCC#N)CCOCCOCCOCC#N)c1.Cc1cccc(N(CCOCCOCCN)CCOCCOCCOCCN)c1.[B]. The molecule has 0 unspecified atom stereocenters. The predicted octanol–water partition coefficient (Wildman–Crippen LogP) is 3.15. The first-order valence-electron chi connectivity index (χ1n) is 22.2. The Hall–Kier alpha value is -3.44. The number of rotatable bonds is 38. The van der Waals surface area contributed by atoms with E-state index in [4.69, 9.17) is 74.1 Å². The van der Waals surface area contributed by atoms with Gasteiger partial charge in [0.05, 0.1) is 131 Å². The number of aryl methyl sites for hydroxylation is 2.